The Balaban J connectivity index is 2.27. The molecule has 1 aliphatic heterocycles. The number of hydrogen-bond acceptors (Lipinski definition) is 2. The minimum atomic E-state index is -0.913. The molecule has 0 saturated heterocycles. The summed E-state index contributed by atoms with van der Waals surface area (Å²) in [6.45, 7) is 4.97. The Hall–Kier alpha value is 0.137. The van der Waals surface area contributed by atoms with Crippen LogP contribution >= 0.6 is 23.5 Å². The molecule has 1 heterocycles. The summed E-state index contributed by atoms with van der Waals surface area (Å²) in [4.78, 5) is 2.98. The molecule has 0 nitrogen and oxygen atoms in total. The average molecular weight is 226 g/mol. The summed E-state index contributed by atoms with van der Waals surface area (Å²) in [6.07, 6.45) is 0. The van der Waals surface area contributed by atoms with Crippen molar-refractivity contribution in [1.29, 1.82) is 0 Å². The molecule has 0 spiro atoms. The van der Waals surface area contributed by atoms with Crippen LogP contribution < -0.4 is 0 Å². The Labute approximate surface area is 89.5 Å². The van der Waals surface area contributed by atoms with Gasteiger partial charge in [-0.3, -0.25) is 0 Å². The van der Waals surface area contributed by atoms with E-state index in [9.17, 15) is 0 Å². The third kappa shape index (κ3) is 2.33. The van der Waals surface area contributed by atoms with Crippen LogP contribution in [0.1, 0.15) is 0 Å². The van der Waals surface area contributed by atoms with Crippen LogP contribution in [0, 0.1) is 0 Å². The summed E-state index contributed by atoms with van der Waals surface area (Å²) < 4.78 is 0. The van der Waals surface area contributed by atoms with Crippen LogP contribution in [0.2, 0.25) is 13.1 Å². The number of fused-ring (bicyclic) bond motifs is 1. The fraction of sp³-hybridized carbons (Fsp3) is 0.400. The lowest BCUT2D eigenvalue weighted by molar-refractivity contribution is 1.26. The summed E-state index contributed by atoms with van der Waals surface area (Å²) in [5.74, 6) is 0. The molecule has 0 radical (unpaired) electrons. The van der Waals surface area contributed by atoms with E-state index in [0.717, 1.165) is 0 Å². The summed E-state index contributed by atoms with van der Waals surface area (Å²) in [5, 5.41) is 2.74. The van der Waals surface area contributed by atoms with E-state index in [4.69, 9.17) is 0 Å². The maximum atomic E-state index is 2.48. The lowest BCUT2D eigenvalue weighted by Gasteiger charge is -2.17. The molecule has 0 amide bonds. The maximum absolute atomic E-state index is 2.48. The molecule has 0 bridgehead atoms. The van der Waals surface area contributed by atoms with Gasteiger partial charge in [0.2, 0.25) is 0 Å². The van der Waals surface area contributed by atoms with Gasteiger partial charge in [-0.1, -0.05) is 25.2 Å². The van der Waals surface area contributed by atoms with Gasteiger partial charge in [0.05, 0.1) is 8.07 Å². The second-order valence-corrected chi connectivity index (χ2v) is 12.3. The van der Waals surface area contributed by atoms with Gasteiger partial charge in [-0.25, -0.2) is 0 Å². The Kier molecular flexibility index (Phi) is 2.77. The maximum Gasteiger partial charge on any atom is 0.0689 e. The Morgan fingerprint density at radius 1 is 1.00 bits per heavy atom. The van der Waals surface area contributed by atoms with Crippen molar-refractivity contribution in [3.05, 3.63) is 24.3 Å². The number of benzene rings is 1. The molecule has 0 N–H and O–H groups in total. The Bertz CT molecular complexity index is 281. The highest BCUT2D eigenvalue weighted by atomic mass is 32.2. The van der Waals surface area contributed by atoms with Gasteiger partial charge in [-0.15, -0.1) is 23.5 Å². The molecule has 0 fully saturated rings. The van der Waals surface area contributed by atoms with Crippen molar-refractivity contribution in [2.45, 2.75) is 22.9 Å². The molecule has 70 valence electrons. The van der Waals surface area contributed by atoms with Gasteiger partial charge < -0.3 is 0 Å². The first-order valence-electron chi connectivity index (χ1n) is 4.52. The molecule has 3 heteroatoms. The van der Waals surface area contributed by atoms with Gasteiger partial charge in [0.15, 0.2) is 0 Å². The minimum absolute atomic E-state index is 0.913. The second kappa shape index (κ2) is 3.71. The monoisotopic (exact) mass is 226 g/mol. The molecule has 0 saturated carbocycles. The fourth-order valence-electron chi connectivity index (χ4n) is 1.28. The number of thioether (sulfide) groups is 2. The molecule has 0 atom stereocenters. The Morgan fingerprint density at radius 3 is 1.92 bits per heavy atom. The van der Waals surface area contributed by atoms with E-state index in [1.54, 1.807) is 0 Å². The van der Waals surface area contributed by atoms with Gasteiger partial charge in [-0.2, -0.15) is 0 Å². The molecule has 2 rings (SSSR count). The number of hydrogen-bond donors (Lipinski definition) is 0. The molecule has 0 unspecified atom stereocenters. The lowest BCUT2D eigenvalue weighted by Crippen LogP contribution is -2.32. The van der Waals surface area contributed by atoms with Crippen LogP contribution in [0.3, 0.4) is 0 Å². The second-order valence-electron chi connectivity index (χ2n) is 4.19. The number of rotatable bonds is 0. The molecule has 13 heavy (non-hydrogen) atoms. The van der Waals surface area contributed by atoms with E-state index < -0.39 is 8.07 Å². The van der Waals surface area contributed by atoms with Crippen molar-refractivity contribution in [2.24, 2.45) is 0 Å². The predicted molar refractivity (Wildman–Crippen MR) is 65.4 cm³/mol. The highest BCUT2D eigenvalue weighted by Gasteiger charge is 2.25. The van der Waals surface area contributed by atoms with Gasteiger partial charge >= 0.3 is 0 Å². The quantitative estimate of drug-likeness (QED) is 0.619. The van der Waals surface area contributed by atoms with Crippen LogP contribution in [0.5, 0.6) is 0 Å². The van der Waals surface area contributed by atoms with Crippen LogP contribution in [0.4, 0.5) is 0 Å². The van der Waals surface area contributed by atoms with E-state index in [-0.39, 0.29) is 0 Å². The molecule has 0 aliphatic carbocycles. The zero-order chi connectivity index (χ0) is 9.31. The average Bonchev–Trinajstić information content (AvgIpc) is 2.27. The van der Waals surface area contributed by atoms with Crippen molar-refractivity contribution < 1.29 is 0 Å². The van der Waals surface area contributed by atoms with Gasteiger partial charge in [0, 0.05) is 9.79 Å². The van der Waals surface area contributed by atoms with Crippen LogP contribution in [-0.4, -0.2) is 18.8 Å². The minimum Gasteiger partial charge on any atom is -0.128 e. The first kappa shape index (κ1) is 9.68. The van der Waals surface area contributed by atoms with Crippen molar-refractivity contribution >= 4 is 31.6 Å². The molecular formula is C10H14S2Si. The van der Waals surface area contributed by atoms with E-state index in [1.165, 1.54) is 20.5 Å². The lowest BCUT2D eigenvalue weighted by atomic mass is 10.4. The highest BCUT2D eigenvalue weighted by Crippen LogP contribution is 2.37. The van der Waals surface area contributed by atoms with Crippen molar-refractivity contribution in [2.75, 3.05) is 10.8 Å². The van der Waals surface area contributed by atoms with Crippen LogP contribution in [-0.2, 0) is 0 Å². The normalized spacial score (nSPS) is 20.5. The standard InChI is InChI=1S/C10H14S2Si/c1-13(2)7-11-9-5-3-4-6-10(9)12-8-13/h3-6H,7-8H2,1-2H3. The topological polar surface area (TPSA) is 0 Å². The SMILES string of the molecule is C[Si]1(C)CSc2ccccc2SC1. The van der Waals surface area contributed by atoms with E-state index in [2.05, 4.69) is 60.9 Å². The van der Waals surface area contributed by atoms with Crippen molar-refractivity contribution in [3.63, 3.8) is 0 Å². The largest absolute Gasteiger partial charge is 0.128 e. The summed E-state index contributed by atoms with van der Waals surface area (Å²) >= 11 is 4.11. The summed E-state index contributed by atoms with van der Waals surface area (Å²) in [5.41, 5.74) is 0. The van der Waals surface area contributed by atoms with Crippen LogP contribution in [0.25, 0.3) is 0 Å². The van der Waals surface area contributed by atoms with E-state index >= 15 is 0 Å². The van der Waals surface area contributed by atoms with E-state index in [1.807, 2.05) is 0 Å². The van der Waals surface area contributed by atoms with Gasteiger partial charge in [-0.05, 0) is 22.9 Å². The first-order chi connectivity index (χ1) is 6.17. The van der Waals surface area contributed by atoms with Gasteiger partial charge in [0.25, 0.3) is 0 Å². The highest BCUT2D eigenvalue weighted by molar-refractivity contribution is 8.06. The predicted octanol–water partition coefficient (Wildman–Crippen LogP) is 3.67. The molecule has 1 aromatic rings. The van der Waals surface area contributed by atoms with Gasteiger partial charge in [0.1, 0.15) is 0 Å². The van der Waals surface area contributed by atoms with Crippen molar-refractivity contribution in [3.8, 4) is 0 Å². The van der Waals surface area contributed by atoms with Crippen molar-refractivity contribution in [1.82, 2.24) is 0 Å². The molecular weight excluding hydrogens is 212 g/mol. The zero-order valence-corrected chi connectivity index (χ0v) is 10.7. The third-order valence-corrected chi connectivity index (χ3v) is 11.0. The first-order valence-corrected chi connectivity index (χ1v) is 9.91. The smallest absolute Gasteiger partial charge is 0.0689 e. The molecule has 0 aromatic heterocycles. The summed E-state index contributed by atoms with van der Waals surface area (Å²) in [7, 11) is -0.913. The van der Waals surface area contributed by atoms with E-state index in [0.29, 0.717) is 0 Å². The molecule has 1 aromatic carbocycles. The molecule has 1 aliphatic rings. The fourth-order valence-corrected chi connectivity index (χ4v) is 7.85. The van der Waals surface area contributed by atoms with Crippen LogP contribution in [0.15, 0.2) is 34.1 Å². The summed E-state index contributed by atoms with van der Waals surface area (Å²) in [6, 6.07) is 8.80. The zero-order valence-electron chi connectivity index (χ0n) is 8.04. The Morgan fingerprint density at radius 2 is 1.46 bits per heavy atom. The third-order valence-electron chi connectivity index (χ3n) is 2.09.